The first kappa shape index (κ1) is 17.4. The van der Waals surface area contributed by atoms with E-state index in [0.717, 1.165) is 0 Å². The molecule has 2 fully saturated rings. The summed E-state index contributed by atoms with van der Waals surface area (Å²) in [6, 6.07) is -1.07. The van der Waals surface area contributed by atoms with Crippen molar-refractivity contribution in [1.29, 1.82) is 0 Å². The lowest BCUT2D eigenvalue weighted by Gasteiger charge is -2.33. The summed E-state index contributed by atoms with van der Waals surface area (Å²) < 4.78 is 10.6. The van der Waals surface area contributed by atoms with Gasteiger partial charge in [0.25, 0.3) is 0 Å². The monoisotopic (exact) mass is 325 g/mol. The fraction of sp³-hybridized carbons (Fsp3) is 0.857. The van der Waals surface area contributed by atoms with Crippen molar-refractivity contribution >= 4 is 12.0 Å². The number of likely N-dealkylation sites (tertiary alicyclic amines) is 1. The number of ether oxygens (including phenoxy) is 2. The van der Waals surface area contributed by atoms with Gasteiger partial charge in [-0.05, 0) is 32.7 Å². The second-order valence-corrected chi connectivity index (χ2v) is 6.68. The van der Waals surface area contributed by atoms with Crippen LogP contribution in [0.2, 0.25) is 0 Å². The van der Waals surface area contributed by atoms with E-state index in [4.69, 9.17) is 15.0 Å². The van der Waals surface area contributed by atoms with E-state index in [2.05, 4.69) is 10.0 Å². The van der Waals surface area contributed by atoms with Crippen LogP contribution in [-0.2, 0) is 14.3 Å². The van der Waals surface area contributed by atoms with E-state index < -0.39 is 23.8 Å². The minimum atomic E-state index is -0.654. The third-order valence-corrected chi connectivity index (χ3v) is 3.73. The van der Waals surface area contributed by atoms with Crippen LogP contribution < -0.4 is 0 Å². The van der Waals surface area contributed by atoms with Crippen molar-refractivity contribution in [3.63, 3.8) is 0 Å². The molecule has 2 atom stereocenters. The van der Waals surface area contributed by atoms with E-state index in [1.54, 1.807) is 25.7 Å². The normalized spacial score (nSPS) is 25.0. The lowest BCUT2D eigenvalue weighted by atomic mass is 10.1. The van der Waals surface area contributed by atoms with Gasteiger partial charge < -0.3 is 14.4 Å². The summed E-state index contributed by atoms with van der Waals surface area (Å²) in [5.41, 5.74) is 7.97. The number of amides is 2. The van der Waals surface area contributed by atoms with Crippen LogP contribution >= 0.6 is 0 Å². The second kappa shape index (κ2) is 7.06. The molecule has 0 aliphatic carbocycles. The molecule has 2 heterocycles. The smallest absolute Gasteiger partial charge is 0.410 e. The number of nitrogens with zero attached hydrogens (tertiary/aromatic N) is 5. The molecule has 2 amide bonds. The fourth-order valence-corrected chi connectivity index (χ4v) is 2.72. The number of rotatable bonds is 2. The molecule has 2 aliphatic rings. The van der Waals surface area contributed by atoms with E-state index >= 15 is 0 Å². The van der Waals surface area contributed by atoms with Crippen LogP contribution in [0.15, 0.2) is 5.11 Å². The predicted molar refractivity (Wildman–Crippen MR) is 81.7 cm³/mol. The average Bonchev–Trinajstić information content (AvgIpc) is 2.90. The molecule has 0 bridgehead atoms. The molecule has 128 valence electrons. The van der Waals surface area contributed by atoms with Crippen LogP contribution in [0.5, 0.6) is 0 Å². The van der Waals surface area contributed by atoms with Crippen molar-refractivity contribution in [2.75, 3.05) is 32.8 Å². The highest BCUT2D eigenvalue weighted by Crippen LogP contribution is 2.25. The maximum Gasteiger partial charge on any atom is 0.410 e. The lowest BCUT2D eigenvalue weighted by Crippen LogP contribution is -2.51. The largest absolute Gasteiger partial charge is 0.444 e. The molecular weight excluding hydrogens is 302 g/mol. The summed E-state index contributed by atoms with van der Waals surface area (Å²) in [7, 11) is 0. The zero-order valence-corrected chi connectivity index (χ0v) is 13.8. The summed E-state index contributed by atoms with van der Waals surface area (Å²) >= 11 is 0. The summed E-state index contributed by atoms with van der Waals surface area (Å²) in [5, 5.41) is 3.67. The van der Waals surface area contributed by atoms with Gasteiger partial charge in [0.15, 0.2) is 0 Å². The van der Waals surface area contributed by atoms with E-state index in [1.165, 1.54) is 4.90 Å². The minimum absolute atomic E-state index is 0.144. The van der Waals surface area contributed by atoms with Crippen molar-refractivity contribution < 1.29 is 19.1 Å². The van der Waals surface area contributed by atoms with Crippen molar-refractivity contribution in [3.05, 3.63) is 10.4 Å². The van der Waals surface area contributed by atoms with Gasteiger partial charge in [0.2, 0.25) is 5.91 Å². The molecule has 9 nitrogen and oxygen atoms in total. The van der Waals surface area contributed by atoms with Crippen molar-refractivity contribution in [3.8, 4) is 0 Å². The Labute approximate surface area is 135 Å². The quantitative estimate of drug-likeness (QED) is 0.436. The van der Waals surface area contributed by atoms with Crippen LogP contribution in [0.25, 0.3) is 10.4 Å². The number of morpholine rings is 1. The first-order chi connectivity index (χ1) is 10.8. The van der Waals surface area contributed by atoms with Crippen LogP contribution in [-0.4, -0.2) is 72.3 Å². The van der Waals surface area contributed by atoms with Gasteiger partial charge in [0, 0.05) is 24.5 Å². The second-order valence-electron chi connectivity index (χ2n) is 6.68. The fourth-order valence-electron chi connectivity index (χ4n) is 2.72. The highest BCUT2D eigenvalue weighted by atomic mass is 16.6. The molecule has 0 N–H and O–H groups in total. The molecule has 0 radical (unpaired) electrons. The minimum Gasteiger partial charge on any atom is -0.444 e. The number of hydrogen-bond donors (Lipinski definition) is 0. The Morgan fingerprint density at radius 3 is 2.52 bits per heavy atom. The summed E-state index contributed by atoms with van der Waals surface area (Å²) in [6.07, 6.45) is -0.237. The Balaban J connectivity index is 2.13. The molecule has 9 heteroatoms. The molecule has 0 saturated carbocycles. The number of azide groups is 1. The van der Waals surface area contributed by atoms with Crippen LogP contribution in [0, 0.1) is 0 Å². The Morgan fingerprint density at radius 1 is 1.30 bits per heavy atom. The highest BCUT2D eigenvalue weighted by molar-refractivity contribution is 5.86. The molecule has 0 aromatic rings. The van der Waals surface area contributed by atoms with Gasteiger partial charge in [0.05, 0.1) is 19.3 Å². The maximum absolute atomic E-state index is 12.7. The number of hydrogen-bond acceptors (Lipinski definition) is 5. The third kappa shape index (κ3) is 4.49. The molecule has 2 saturated heterocycles. The average molecular weight is 325 g/mol. The van der Waals surface area contributed by atoms with Crippen LogP contribution in [0.1, 0.15) is 27.2 Å². The highest BCUT2D eigenvalue weighted by Gasteiger charge is 2.42. The first-order valence-electron chi connectivity index (χ1n) is 7.72. The van der Waals surface area contributed by atoms with Crippen LogP contribution in [0.3, 0.4) is 0 Å². The van der Waals surface area contributed by atoms with E-state index in [1.807, 2.05) is 0 Å². The Morgan fingerprint density at radius 2 is 1.96 bits per heavy atom. The Kier molecular flexibility index (Phi) is 5.33. The van der Waals surface area contributed by atoms with E-state index in [0.29, 0.717) is 32.7 Å². The summed E-state index contributed by atoms with van der Waals surface area (Å²) in [4.78, 5) is 31.0. The summed E-state index contributed by atoms with van der Waals surface area (Å²) in [6.45, 7) is 7.49. The molecule has 2 rings (SSSR count). The lowest BCUT2D eigenvalue weighted by molar-refractivity contribution is -0.140. The first-order valence-corrected chi connectivity index (χ1v) is 7.72. The predicted octanol–water partition coefficient (Wildman–Crippen LogP) is 1.53. The molecule has 0 unspecified atom stereocenters. The van der Waals surface area contributed by atoms with Gasteiger partial charge in [-0.15, -0.1) is 0 Å². The van der Waals surface area contributed by atoms with Gasteiger partial charge in [-0.3, -0.25) is 9.69 Å². The van der Waals surface area contributed by atoms with Crippen LogP contribution in [0.4, 0.5) is 4.79 Å². The zero-order chi connectivity index (χ0) is 17.0. The molecular formula is C14H23N5O4. The van der Waals surface area contributed by atoms with Gasteiger partial charge in [0.1, 0.15) is 11.6 Å². The van der Waals surface area contributed by atoms with Gasteiger partial charge in [-0.1, -0.05) is 5.11 Å². The molecule has 0 aromatic heterocycles. The Hall–Kier alpha value is -1.99. The number of carbonyl (C=O) groups excluding carboxylic acids is 2. The molecule has 23 heavy (non-hydrogen) atoms. The number of carbonyl (C=O) groups is 2. The van der Waals surface area contributed by atoms with Crippen molar-refractivity contribution in [2.45, 2.75) is 44.9 Å². The molecule has 0 aromatic carbocycles. The molecule has 2 aliphatic heterocycles. The van der Waals surface area contributed by atoms with Gasteiger partial charge >= 0.3 is 6.09 Å². The van der Waals surface area contributed by atoms with E-state index in [-0.39, 0.29) is 12.5 Å². The third-order valence-electron chi connectivity index (χ3n) is 3.73. The van der Waals surface area contributed by atoms with Gasteiger partial charge in [-0.25, -0.2) is 4.79 Å². The zero-order valence-electron chi connectivity index (χ0n) is 13.8. The topological polar surface area (TPSA) is 108 Å². The SMILES string of the molecule is CC(C)(C)OC(=O)N1C[C@@H](N=[N+]=[N-])C[C@H]1C(=O)N1CCOCC1. The van der Waals surface area contributed by atoms with Crippen molar-refractivity contribution in [2.24, 2.45) is 5.11 Å². The summed E-state index contributed by atoms with van der Waals surface area (Å²) in [5.74, 6) is -0.144. The van der Waals surface area contributed by atoms with Crippen molar-refractivity contribution in [1.82, 2.24) is 9.80 Å². The molecule has 0 spiro atoms. The Bertz CT molecular complexity index is 506. The standard InChI is InChI=1S/C14H23N5O4/c1-14(2,3)23-13(21)19-9-10(16-17-15)8-11(19)12(20)18-4-6-22-7-5-18/h10-11H,4-9H2,1-3H3/t10-,11-/m0/s1. The maximum atomic E-state index is 12.7. The van der Waals surface area contributed by atoms with E-state index in [9.17, 15) is 9.59 Å². The van der Waals surface area contributed by atoms with Gasteiger partial charge in [-0.2, -0.15) is 0 Å².